The number of alkyl halides is 1. The molecule has 8 rings (SSSR count). The topological polar surface area (TPSA) is 275 Å². The molecule has 18 nitrogen and oxygen atoms in total. The molecule has 0 radical (unpaired) electrons. The number of amides is 3. The summed E-state index contributed by atoms with van der Waals surface area (Å²) in [6.45, 7) is 13.6. The summed E-state index contributed by atoms with van der Waals surface area (Å²) in [7, 11) is 0. The smallest absolute Gasteiger partial charge is 0.331 e. The Morgan fingerprint density at radius 1 is 0.791 bits per heavy atom. The molecule has 382 valence electrons. The molecule has 9 N–H and O–H groups in total. The van der Waals surface area contributed by atoms with E-state index in [2.05, 4.69) is 22.9 Å². The van der Waals surface area contributed by atoms with Gasteiger partial charge in [0.15, 0.2) is 18.9 Å². The summed E-state index contributed by atoms with van der Waals surface area (Å²) in [5, 5.41) is 68.9. The third-order valence-corrected chi connectivity index (χ3v) is 19.2. The zero-order valence-electron chi connectivity index (χ0n) is 40.1. The lowest BCUT2D eigenvalue weighted by molar-refractivity contribution is -0.336. The minimum absolute atomic E-state index is 0.0452. The van der Waals surface area contributed by atoms with E-state index in [-0.39, 0.29) is 67.0 Å². The highest BCUT2D eigenvalue weighted by molar-refractivity contribution is 9.10. The van der Waals surface area contributed by atoms with Crippen molar-refractivity contribution in [2.24, 2.45) is 40.2 Å². The second-order valence-corrected chi connectivity index (χ2v) is 22.8. The molecule has 0 aromatic rings. The monoisotopic (exact) mass is 1020 g/mol. The van der Waals surface area contributed by atoms with E-state index in [9.17, 15) is 45.0 Å². The van der Waals surface area contributed by atoms with E-state index in [1.807, 2.05) is 33.0 Å². The number of ether oxygens (including phenoxy) is 7. The Bertz CT molecular complexity index is 1770. The van der Waals surface area contributed by atoms with Crippen LogP contribution in [0.1, 0.15) is 132 Å². The van der Waals surface area contributed by atoms with E-state index in [0.717, 1.165) is 44.1 Å². The van der Waals surface area contributed by atoms with Crippen LogP contribution in [0.15, 0.2) is 11.6 Å². The number of urea groups is 1. The zero-order valence-corrected chi connectivity index (χ0v) is 41.7. The predicted molar refractivity (Wildman–Crippen MR) is 243 cm³/mol. The molecule has 0 spiro atoms. The van der Waals surface area contributed by atoms with Gasteiger partial charge in [-0.05, 0) is 120 Å². The summed E-state index contributed by atoms with van der Waals surface area (Å²) in [6, 6.07) is -0.814. The number of hydrogen-bond acceptors (Lipinski definition) is 16. The molecule has 7 fully saturated rings. The van der Waals surface area contributed by atoms with E-state index < -0.39 is 101 Å². The van der Waals surface area contributed by atoms with E-state index in [0.29, 0.717) is 31.6 Å². The SMILES string of the molecule is CCC(Br)(CC)C(=O)NC(N)=O.C[C@H]1O[C@@H](O[C@H]2[C@@H](O)C[C@H](O[C@H]3[C@@H](O)C[C@H](O[C@H]4CC[C@@]5(C)[C@H](CC[C@@H]6[C@@H]5C[C@@H](O)[C@]5(C)[C@@H](C7=CC(=O)OC7)CC[C@]65O)C4)O[C@@H]3C)O[C@@H]2C)C[C@H](O)[C@@H]1O. The number of carbonyl (C=O) groups excluding carboxylic acids is 3. The van der Waals surface area contributed by atoms with E-state index >= 15 is 0 Å². The quantitative estimate of drug-likeness (QED) is 0.0886. The molecule has 8 aliphatic rings. The van der Waals surface area contributed by atoms with Gasteiger partial charge in [-0.2, -0.15) is 0 Å². The minimum Gasteiger partial charge on any atom is -0.458 e. The number of carbonyl (C=O) groups is 3. The maximum Gasteiger partial charge on any atom is 0.331 e. The van der Waals surface area contributed by atoms with Crippen molar-refractivity contribution >= 4 is 33.8 Å². The first-order valence-electron chi connectivity index (χ1n) is 24.7. The summed E-state index contributed by atoms with van der Waals surface area (Å²) in [4.78, 5) is 33.6. The summed E-state index contributed by atoms with van der Waals surface area (Å²) >= 11 is 3.26. The van der Waals surface area contributed by atoms with Crippen molar-refractivity contribution < 1.29 is 78.2 Å². The Morgan fingerprint density at radius 3 is 1.88 bits per heavy atom. The fourth-order valence-corrected chi connectivity index (χ4v) is 13.7. The standard InChI is InChI=1S/C41H64O14.C7H13BrN2O2/c1-19-36(47)28(42)15-34(50-19)54-38-21(3)52-35(17-30(38)44)55-37-20(2)51-33(16-29(37)43)53-24-8-10-39(4)23(13-24)6-7-26-27(39)14-31(45)40(5)25(9-11-41(26,40)48)22-12-32(46)49-18-22;1-3-7(8,4-2)5(11)10-6(9)12/h12,19-21,23-31,33-38,42-45,47-48H,6-11,13-18H2,1-5H3;3-4H2,1-2H3,(H3,9,10,11,12)/t19-,20-,21-,23-,24+,25-,26-,27+,28+,29+,30+,31-,33+,34+,35+,36-,37-,38-,39+,40+,41+;/m1./s1. The second-order valence-electron chi connectivity index (χ2n) is 21.3. The lowest BCUT2D eigenvalue weighted by atomic mass is 9.42. The van der Waals surface area contributed by atoms with Gasteiger partial charge in [0.1, 0.15) is 29.2 Å². The fraction of sp³-hybridized carbons (Fsp3) is 0.896. The Hall–Kier alpha value is -1.85. The number of aliphatic hydroxyl groups excluding tert-OH is 5. The number of rotatable bonds is 10. The van der Waals surface area contributed by atoms with Crippen molar-refractivity contribution in [3.63, 3.8) is 0 Å². The first-order chi connectivity index (χ1) is 31.5. The van der Waals surface area contributed by atoms with Crippen molar-refractivity contribution in [1.29, 1.82) is 0 Å². The van der Waals surface area contributed by atoms with E-state index in [1.54, 1.807) is 19.9 Å². The summed E-state index contributed by atoms with van der Waals surface area (Å²) < 4.78 is 41.4. The van der Waals surface area contributed by atoms with Crippen LogP contribution in [0.3, 0.4) is 0 Å². The van der Waals surface area contributed by atoms with Gasteiger partial charge < -0.3 is 69.5 Å². The Balaban J connectivity index is 0.000000490. The molecular weight excluding hydrogens is 940 g/mol. The first-order valence-corrected chi connectivity index (χ1v) is 25.5. The summed E-state index contributed by atoms with van der Waals surface area (Å²) in [5.74, 6) is -0.171. The molecule has 0 unspecified atom stereocenters. The molecule has 0 aromatic heterocycles. The predicted octanol–water partition coefficient (Wildman–Crippen LogP) is 3.35. The number of hydrogen-bond donors (Lipinski definition) is 8. The number of nitrogens with two attached hydrogens (primary N) is 1. The third-order valence-electron chi connectivity index (χ3n) is 17.7. The Kier molecular flexibility index (Phi) is 16.4. The Labute approximate surface area is 402 Å². The van der Waals surface area contributed by atoms with Crippen LogP contribution in [0.4, 0.5) is 4.79 Å². The lowest BCUT2D eigenvalue weighted by Crippen LogP contribution is -2.67. The average molecular weight is 1020 g/mol. The van der Waals surface area contributed by atoms with Crippen LogP contribution in [-0.4, -0.2) is 151 Å². The van der Waals surface area contributed by atoms with Gasteiger partial charge in [0, 0.05) is 30.8 Å². The van der Waals surface area contributed by atoms with Crippen LogP contribution < -0.4 is 11.1 Å². The fourth-order valence-electron chi connectivity index (χ4n) is 13.6. The van der Waals surface area contributed by atoms with Crippen molar-refractivity contribution in [3.8, 4) is 0 Å². The molecule has 19 heteroatoms. The summed E-state index contributed by atoms with van der Waals surface area (Å²) in [6.07, 6.45) is -0.284. The first kappa shape index (κ1) is 53.0. The van der Waals surface area contributed by atoms with Crippen molar-refractivity contribution in [1.82, 2.24) is 5.32 Å². The maximum atomic E-state index is 12.6. The normalized spacial score (nSPS) is 47.6. The van der Waals surface area contributed by atoms with Crippen LogP contribution in [0.25, 0.3) is 0 Å². The molecule has 0 bridgehead atoms. The number of esters is 1. The summed E-state index contributed by atoms with van der Waals surface area (Å²) in [5.41, 5.74) is 3.92. The van der Waals surface area contributed by atoms with Crippen LogP contribution in [0.2, 0.25) is 0 Å². The largest absolute Gasteiger partial charge is 0.458 e. The number of aliphatic hydroxyl groups is 6. The van der Waals surface area contributed by atoms with Gasteiger partial charge in [0.25, 0.3) is 0 Å². The minimum atomic E-state index is -1.01. The molecule has 21 atom stereocenters. The van der Waals surface area contributed by atoms with E-state index in [4.69, 9.17) is 38.9 Å². The second kappa shape index (κ2) is 20.7. The molecule has 4 aliphatic carbocycles. The van der Waals surface area contributed by atoms with Crippen LogP contribution in [0, 0.1) is 34.5 Å². The van der Waals surface area contributed by atoms with Gasteiger partial charge in [0.05, 0.1) is 54.4 Å². The van der Waals surface area contributed by atoms with Crippen LogP contribution in [-0.2, 0) is 42.7 Å². The number of halogens is 1. The highest BCUT2D eigenvalue weighted by Crippen LogP contribution is 2.70. The Morgan fingerprint density at radius 2 is 1.36 bits per heavy atom. The molecule has 0 aromatic carbocycles. The molecule has 3 saturated heterocycles. The highest BCUT2D eigenvalue weighted by Gasteiger charge is 2.71. The van der Waals surface area contributed by atoms with Crippen LogP contribution in [0.5, 0.6) is 0 Å². The number of imide groups is 1. The van der Waals surface area contributed by atoms with Gasteiger partial charge in [-0.25, -0.2) is 9.59 Å². The van der Waals surface area contributed by atoms with Crippen molar-refractivity contribution in [2.45, 2.75) is 228 Å². The van der Waals surface area contributed by atoms with Crippen molar-refractivity contribution in [2.75, 3.05) is 6.61 Å². The molecule has 67 heavy (non-hydrogen) atoms. The van der Waals surface area contributed by atoms with Gasteiger partial charge in [-0.3, -0.25) is 10.1 Å². The van der Waals surface area contributed by atoms with Gasteiger partial charge >= 0.3 is 12.0 Å². The maximum absolute atomic E-state index is 12.6. The third kappa shape index (κ3) is 10.3. The van der Waals surface area contributed by atoms with E-state index in [1.165, 1.54) is 0 Å². The average Bonchev–Trinajstić information content (AvgIpc) is 3.82. The highest BCUT2D eigenvalue weighted by atomic mass is 79.9. The van der Waals surface area contributed by atoms with Crippen molar-refractivity contribution in [3.05, 3.63) is 11.6 Å². The number of nitrogens with one attached hydrogen (secondary N) is 1. The molecule has 3 amide bonds. The number of primary amides is 1. The van der Waals surface area contributed by atoms with Crippen LogP contribution >= 0.6 is 15.9 Å². The molecule has 4 aliphatic heterocycles. The number of fused-ring (bicyclic) bond motifs is 5. The number of cyclic esters (lactones) is 1. The lowest BCUT2D eigenvalue weighted by Gasteiger charge is -2.65. The molecule has 4 saturated carbocycles. The molecule has 4 heterocycles. The van der Waals surface area contributed by atoms with Gasteiger partial charge in [-0.15, -0.1) is 0 Å². The zero-order chi connectivity index (χ0) is 49.0. The molecular formula is C48H77BrN2O16. The van der Waals surface area contributed by atoms with Gasteiger partial charge in [-0.1, -0.05) is 43.6 Å². The van der Waals surface area contributed by atoms with Gasteiger partial charge in [0.2, 0.25) is 5.91 Å².